The van der Waals surface area contributed by atoms with Crippen LogP contribution >= 0.6 is 0 Å². The number of carbonyl (C=O) groups excluding carboxylic acids is 4. The third kappa shape index (κ3) is 10.1. The van der Waals surface area contributed by atoms with E-state index in [1.807, 2.05) is 40.7 Å². The first kappa shape index (κ1) is 40.2. The number of likely N-dealkylation sites (N-methyl/N-ethyl adjacent to an activating group) is 1. The Balaban J connectivity index is 1.76. The van der Waals surface area contributed by atoms with Crippen molar-refractivity contribution in [3.8, 4) is 0 Å². The molecule has 4 amide bonds. The van der Waals surface area contributed by atoms with Gasteiger partial charge in [-0.25, -0.2) is 0 Å². The standard InChI is InChI=1S/C38H61N5O6/c1-24(2)31(41(9)37(49)33(38(6,7)8)40-35(47)29-18-13-14-20-42(29)25(3)4)22-26(5)36(48)43-21-15-19-30(43)34(46)39-28(23-44)32(45)27-16-11-10-12-17-27/h10-12,16-17,22,24-25,28-33,44-45H,13-15,18-21,23H2,1-9H3,(H,39,46)(H,40,47)/b26-22+/t28-,29-,30+,31-,32+,33-/m1/s1. The molecule has 2 aliphatic rings. The van der Waals surface area contributed by atoms with E-state index in [1.165, 1.54) is 4.90 Å². The zero-order valence-corrected chi connectivity index (χ0v) is 31.1. The van der Waals surface area contributed by atoms with E-state index in [4.69, 9.17) is 0 Å². The minimum Gasteiger partial charge on any atom is -0.394 e. The van der Waals surface area contributed by atoms with Crippen LogP contribution in [-0.2, 0) is 19.2 Å². The highest BCUT2D eigenvalue weighted by atomic mass is 16.3. The third-order valence-corrected chi connectivity index (χ3v) is 10.0. The summed E-state index contributed by atoms with van der Waals surface area (Å²) < 4.78 is 0. The molecule has 2 fully saturated rings. The maximum Gasteiger partial charge on any atom is 0.249 e. The lowest BCUT2D eigenvalue weighted by Crippen LogP contribution is -2.60. The van der Waals surface area contributed by atoms with E-state index < -0.39 is 48.2 Å². The van der Waals surface area contributed by atoms with Crippen molar-refractivity contribution in [3.05, 3.63) is 47.5 Å². The maximum atomic E-state index is 14.2. The fraction of sp³-hybridized carbons (Fsp3) is 0.684. The minimum absolute atomic E-state index is 0.0507. The zero-order valence-electron chi connectivity index (χ0n) is 31.1. The molecule has 274 valence electrons. The largest absolute Gasteiger partial charge is 0.394 e. The molecule has 1 aromatic rings. The second kappa shape index (κ2) is 17.6. The Morgan fingerprint density at radius 3 is 2.12 bits per heavy atom. The van der Waals surface area contributed by atoms with Crippen LogP contribution in [0.25, 0.3) is 0 Å². The van der Waals surface area contributed by atoms with Crippen LogP contribution in [0.4, 0.5) is 0 Å². The first-order chi connectivity index (χ1) is 23.0. The summed E-state index contributed by atoms with van der Waals surface area (Å²) in [5, 5.41) is 26.6. The van der Waals surface area contributed by atoms with E-state index in [1.54, 1.807) is 49.2 Å². The van der Waals surface area contributed by atoms with Gasteiger partial charge in [-0.15, -0.1) is 0 Å². The molecule has 1 aromatic carbocycles. The van der Waals surface area contributed by atoms with Crippen LogP contribution in [0.5, 0.6) is 0 Å². The summed E-state index contributed by atoms with van der Waals surface area (Å²) in [6, 6.07) is 5.83. The third-order valence-electron chi connectivity index (χ3n) is 10.0. The van der Waals surface area contributed by atoms with Gasteiger partial charge in [0.25, 0.3) is 0 Å². The van der Waals surface area contributed by atoms with Crippen LogP contribution in [0.1, 0.15) is 99.2 Å². The number of benzene rings is 1. The minimum atomic E-state index is -1.11. The number of rotatable bonds is 13. The van der Waals surface area contributed by atoms with Crippen LogP contribution in [0.2, 0.25) is 0 Å². The normalized spacial score (nSPS) is 21.7. The fourth-order valence-electron chi connectivity index (χ4n) is 7.06. The Morgan fingerprint density at radius 1 is 0.939 bits per heavy atom. The van der Waals surface area contributed by atoms with Gasteiger partial charge in [0.05, 0.1) is 24.7 Å². The number of nitrogens with zero attached hydrogens (tertiary/aromatic N) is 3. The van der Waals surface area contributed by atoms with Gasteiger partial charge in [-0.2, -0.15) is 0 Å². The van der Waals surface area contributed by atoms with Crippen molar-refractivity contribution in [2.45, 2.75) is 130 Å². The molecule has 49 heavy (non-hydrogen) atoms. The topological polar surface area (TPSA) is 143 Å². The first-order valence-electron chi connectivity index (χ1n) is 18.0. The molecule has 2 aliphatic heterocycles. The van der Waals surface area contributed by atoms with Gasteiger partial charge in [-0.3, -0.25) is 24.1 Å². The SMILES string of the molecule is C/C(=C\[C@H](C(C)C)N(C)C(=O)[C@@H](NC(=O)[C@H]1CCCCN1C(C)C)C(C)(C)C)C(=O)N1CCC[C@H]1C(=O)N[C@H](CO)[C@@H](O)c1ccccc1. The number of aliphatic hydroxyl groups excluding tert-OH is 2. The molecular formula is C38H61N5O6. The predicted molar refractivity (Wildman–Crippen MR) is 191 cm³/mol. The molecule has 6 atom stereocenters. The van der Waals surface area contributed by atoms with E-state index in [0.29, 0.717) is 30.5 Å². The van der Waals surface area contributed by atoms with Gasteiger partial charge in [-0.05, 0) is 69.9 Å². The highest BCUT2D eigenvalue weighted by Crippen LogP contribution is 2.27. The lowest BCUT2D eigenvalue weighted by atomic mass is 9.84. The smallest absolute Gasteiger partial charge is 0.249 e. The van der Waals surface area contributed by atoms with Crippen molar-refractivity contribution in [1.82, 2.24) is 25.3 Å². The van der Waals surface area contributed by atoms with Gasteiger partial charge in [0.1, 0.15) is 18.2 Å². The molecule has 0 unspecified atom stereocenters. The average Bonchev–Trinajstić information content (AvgIpc) is 3.57. The second-order valence-electron chi connectivity index (χ2n) is 15.5. The summed E-state index contributed by atoms with van der Waals surface area (Å²) in [7, 11) is 1.71. The molecular weight excluding hydrogens is 622 g/mol. The number of hydrogen-bond acceptors (Lipinski definition) is 7. The summed E-state index contributed by atoms with van der Waals surface area (Å²) in [5.74, 6) is -1.15. The number of hydrogen-bond donors (Lipinski definition) is 4. The molecule has 11 nitrogen and oxygen atoms in total. The molecule has 2 heterocycles. The van der Waals surface area contributed by atoms with Crippen molar-refractivity contribution in [1.29, 1.82) is 0 Å². The quantitative estimate of drug-likeness (QED) is 0.234. The molecule has 4 N–H and O–H groups in total. The van der Waals surface area contributed by atoms with Gasteiger partial charge >= 0.3 is 0 Å². The summed E-state index contributed by atoms with van der Waals surface area (Å²) in [4.78, 5) is 60.5. The van der Waals surface area contributed by atoms with Gasteiger partial charge in [-0.1, -0.05) is 77.4 Å². The molecule has 11 heteroatoms. The highest BCUT2D eigenvalue weighted by molar-refractivity contribution is 5.97. The molecule has 0 bridgehead atoms. The highest BCUT2D eigenvalue weighted by Gasteiger charge is 2.41. The van der Waals surface area contributed by atoms with Gasteiger partial charge in [0, 0.05) is 25.2 Å². The molecule has 0 spiro atoms. The molecule has 0 aliphatic carbocycles. The Morgan fingerprint density at radius 2 is 1.55 bits per heavy atom. The van der Waals surface area contributed by atoms with Crippen molar-refractivity contribution >= 4 is 23.6 Å². The van der Waals surface area contributed by atoms with Crippen LogP contribution in [-0.4, -0.2) is 112 Å². The first-order valence-corrected chi connectivity index (χ1v) is 18.0. The molecule has 0 aromatic heterocycles. The molecule has 0 saturated carbocycles. The lowest BCUT2D eigenvalue weighted by Gasteiger charge is -2.41. The monoisotopic (exact) mass is 683 g/mol. The predicted octanol–water partition coefficient (Wildman–Crippen LogP) is 3.41. The van der Waals surface area contributed by atoms with Crippen LogP contribution in [0.3, 0.4) is 0 Å². The summed E-state index contributed by atoms with van der Waals surface area (Å²) in [6.45, 7) is 16.5. The Labute approximate surface area is 293 Å². The van der Waals surface area contributed by atoms with E-state index >= 15 is 0 Å². The van der Waals surface area contributed by atoms with Crippen LogP contribution < -0.4 is 10.6 Å². The molecule has 2 saturated heterocycles. The Kier molecular flexibility index (Phi) is 14.4. The average molecular weight is 684 g/mol. The Hall–Kier alpha value is -3.28. The van der Waals surface area contributed by atoms with Crippen molar-refractivity contribution in [2.75, 3.05) is 26.7 Å². The van der Waals surface area contributed by atoms with E-state index in [0.717, 1.165) is 25.8 Å². The number of likely N-dealkylation sites (tertiary alicyclic amines) is 2. The van der Waals surface area contributed by atoms with Crippen molar-refractivity contribution in [2.24, 2.45) is 11.3 Å². The number of nitrogens with one attached hydrogen (secondary N) is 2. The van der Waals surface area contributed by atoms with Gasteiger partial charge in [0.15, 0.2) is 0 Å². The number of carbonyl (C=O) groups is 4. The zero-order chi connectivity index (χ0) is 36.6. The summed E-state index contributed by atoms with van der Waals surface area (Å²) >= 11 is 0. The van der Waals surface area contributed by atoms with E-state index in [-0.39, 0.29) is 35.7 Å². The van der Waals surface area contributed by atoms with Gasteiger partial charge in [0.2, 0.25) is 23.6 Å². The van der Waals surface area contributed by atoms with E-state index in [2.05, 4.69) is 29.4 Å². The van der Waals surface area contributed by atoms with Crippen molar-refractivity contribution in [3.63, 3.8) is 0 Å². The number of piperidine rings is 1. The summed E-state index contributed by atoms with van der Waals surface area (Å²) in [5.41, 5.74) is 0.413. The van der Waals surface area contributed by atoms with Crippen LogP contribution in [0, 0.1) is 11.3 Å². The van der Waals surface area contributed by atoms with Crippen LogP contribution in [0.15, 0.2) is 42.0 Å². The summed E-state index contributed by atoms with van der Waals surface area (Å²) in [6.07, 6.45) is 4.55. The number of aliphatic hydroxyl groups is 2. The van der Waals surface area contributed by atoms with Gasteiger partial charge < -0.3 is 30.6 Å². The number of amides is 4. The van der Waals surface area contributed by atoms with E-state index in [9.17, 15) is 29.4 Å². The van der Waals surface area contributed by atoms with Crippen molar-refractivity contribution < 1.29 is 29.4 Å². The fourth-order valence-corrected chi connectivity index (χ4v) is 7.06. The lowest BCUT2D eigenvalue weighted by molar-refractivity contribution is -0.142. The second-order valence-corrected chi connectivity index (χ2v) is 15.5. The molecule has 3 rings (SSSR count). The molecule has 0 radical (unpaired) electrons. The maximum absolute atomic E-state index is 14.2. The Bertz CT molecular complexity index is 1310.